The van der Waals surface area contributed by atoms with E-state index in [4.69, 9.17) is 4.74 Å². The Labute approximate surface area is 113 Å². The molecule has 0 amide bonds. The number of Topliss-reactive ketones (excluding diaryl/α,β-unsaturated/α-hetero) is 1. The molecule has 0 saturated carbocycles. The van der Waals surface area contributed by atoms with E-state index in [1.165, 1.54) is 12.8 Å². The van der Waals surface area contributed by atoms with Crippen LogP contribution in [0.5, 0.6) is 5.75 Å². The third kappa shape index (κ3) is 2.80. The molecule has 1 N–H and O–H groups in total. The maximum absolute atomic E-state index is 12.2. The molecule has 2 saturated heterocycles. The van der Waals surface area contributed by atoms with Gasteiger partial charge in [-0.05, 0) is 37.1 Å². The first-order chi connectivity index (χ1) is 9.22. The third-order valence-corrected chi connectivity index (χ3v) is 4.04. The fourth-order valence-electron chi connectivity index (χ4n) is 2.99. The highest BCUT2D eigenvalue weighted by Crippen LogP contribution is 2.23. The molecule has 2 aliphatic heterocycles. The summed E-state index contributed by atoms with van der Waals surface area (Å²) in [5.41, 5.74) is 0.845. The molecule has 0 bridgehead atoms. The van der Waals surface area contributed by atoms with Crippen LogP contribution in [0.15, 0.2) is 24.3 Å². The molecule has 0 aliphatic carbocycles. The van der Waals surface area contributed by atoms with E-state index in [9.17, 15) is 9.90 Å². The Bertz CT molecular complexity index is 474. The number of morpholine rings is 1. The molecular weight excluding hydrogens is 242 g/mol. The van der Waals surface area contributed by atoms with Crippen LogP contribution in [0.1, 0.15) is 18.4 Å². The number of fused-ring (bicyclic) bond motifs is 1. The standard InChI is InChI=1S/C15H19NO3/c17-13-5-1-3-11(7-13)8-14(18)15-9-16-6-2-4-12(16)10-19-15/h1,3,5,7,12,15,17H,2,4,6,8-10H2. The van der Waals surface area contributed by atoms with Crippen LogP contribution in [0.4, 0.5) is 0 Å². The summed E-state index contributed by atoms with van der Waals surface area (Å²) >= 11 is 0. The predicted molar refractivity (Wildman–Crippen MR) is 71.2 cm³/mol. The lowest BCUT2D eigenvalue weighted by Gasteiger charge is -2.34. The van der Waals surface area contributed by atoms with Crippen LogP contribution < -0.4 is 0 Å². The summed E-state index contributed by atoms with van der Waals surface area (Å²) in [5.74, 6) is 0.311. The zero-order chi connectivity index (χ0) is 13.2. The number of ketones is 1. The van der Waals surface area contributed by atoms with E-state index in [2.05, 4.69) is 4.90 Å². The quantitative estimate of drug-likeness (QED) is 0.892. The molecule has 0 spiro atoms. The van der Waals surface area contributed by atoms with E-state index < -0.39 is 0 Å². The molecule has 0 aromatic heterocycles. The number of phenolic OH excluding ortho intramolecular Hbond substituents is 1. The minimum Gasteiger partial charge on any atom is -0.508 e. The summed E-state index contributed by atoms with van der Waals surface area (Å²) in [7, 11) is 0. The molecular formula is C15H19NO3. The second-order valence-corrected chi connectivity index (χ2v) is 5.43. The maximum atomic E-state index is 12.2. The first-order valence-electron chi connectivity index (χ1n) is 6.88. The number of hydrogen-bond acceptors (Lipinski definition) is 4. The second kappa shape index (κ2) is 5.31. The van der Waals surface area contributed by atoms with E-state index in [1.54, 1.807) is 18.2 Å². The molecule has 2 fully saturated rings. The Hall–Kier alpha value is -1.39. The number of benzene rings is 1. The Morgan fingerprint density at radius 1 is 1.47 bits per heavy atom. The highest BCUT2D eigenvalue weighted by Gasteiger charge is 2.34. The van der Waals surface area contributed by atoms with Crippen molar-refractivity contribution in [2.24, 2.45) is 0 Å². The van der Waals surface area contributed by atoms with Crippen LogP contribution in [0.3, 0.4) is 0 Å². The van der Waals surface area contributed by atoms with Gasteiger partial charge in [0.1, 0.15) is 11.9 Å². The maximum Gasteiger partial charge on any atom is 0.167 e. The van der Waals surface area contributed by atoms with E-state index in [0.29, 0.717) is 19.1 Å². The van der Waals surface area contributed by atoms with Crippen LogP contribution >= 0.6 is 0 Å². The SMILES string of the molecule is O=C(Cc1cccc(O)c1)C1CN2CCCC2CO1. The molecule has 2 heterocycles. The van der Waals surface area contributed by atoms with Gasteiger partial charge in [-0.25, -0.2) is 0 Å². The largest absolute Gasteiger partial charge is 0.508 e. The number of rotatable bonds is 3. The summed E-state index contributed by atoms with van der Waals surface area (Å²) in [5, 5.41) is 9.41. The first-order valence-corrected chi connectivity index (χ1v) is 6.88. The van der Waals surface area contributed by atoms with Crippen molar-refractivity contribution in [3.8, 4) is 5.75 Å². The molecule has 2 atom stereocenters. The number of nitrogens with zero attached hydrogens (tertiary/aromatic N) is 1. The van der Waals surface area contributed by atoms with Gasteiger partial charge in [-0.2, -0.15) is 0 Å². The van der Waals surface area contributed by atoms with Gasteiger partial charge in [-0.3, -0.25) is 9.69 Å². The molecule has 2 unspecified atom stereocenters. The highest BCUT2D eigenvalue weighted by atomic mass is 16.5. The van der Waals surface area contributed by atoms with Crippen LogP contribution in [0.25, 0.3) is 0 Å². The second-order valence-electron chi connectivity index (χ2n) is 5.43. The van der Waals surface area contributed by atoms with Gasteiger partial charge in [0.15, 0.2) is 5.78 Å². The fourth-order valence-corrected chi connectivity index (χ4v) is 2.99. The summed E-state index contributed by atoms with van der Waals surface area (Å²) in [6.45, 7) is 2.49. The average Bonchev–Trinajstić information content (AvgIpc) is 2.85. The van der Waals surface area contributed by atoms with Crippen molar-refractivity contribution in [2.45, 2.75) is 31.4 Å². The lowest BCUT2D eigenvalue weighted by atomic mass is 10.0. The molecule has 2 aliphatic rings. The van der Waals surface area contributed by atoms with Crippen LogP contribution in [-0.2, 0) is 16.0 Å². The van der Waals surface area contributed by atoms with E-state index in [-0.39, 0.29) is 17.6 Å². The molecule has 3 rings (SSSR count). The molecule has 4 nitrogen and oxygen atoms in total. The zero-order valence-corrected chi connectivity index (χ0v) is 10.9. The number of aromatic hydroxyl groups is 1. The number of carbonyl (C=O) groups excluding carboxylic acids is 1. The number of phenols is 1. The summed E-state index contributed by atoms with van der Waals surface area (Å²) in [4.78, 5) is 14.6. The van der Waals surface area contributed by atoms with Gasteiger partial charge in [0.05, 0.1) is 6.61 Å². The van der Waals surface area contributed by atoms with Crippen molar-refractivity contribution >= 4 is 5.78 Å². The summed E-state index contributed by atoms with van der Waals surface area (Å²) in [6, 6.07) is 7.39. The van der Waals surface area contributed by atoms with Gasteiger partial charge >= 0.3 is 0 Å². The van der Waals surface area contributed by atoms with E-state index in [1.807, 2.05) is 6.07 Å². The normalized spacial score (nSPS) is 27.2. The molecule has 1 aromatic rings. The fraction of sp³-hybridized carbons (Fsp3) is 0.533. The monoisotopic (exact) mass is 261 g/mol. The van der Waals surface area contributed by atoms with Gasteiger partial charge in [0, 0.05) is 19.0 Å². The predicted octanol–water partition coefficient (Wildman–Crippen LogP) is 1.37. The lowest BCUT2D eigenvalue weighted by molar-refractivity contribution is -0.137. The average molecular weight is 261 g/mol. The first kappa shape index (κ1) is 12.6. The molecule has 1 aromatic carbocycles. The Morgan fingerprint density at radius 2 is 2.37 bits per heavy atom. The van der Waals surface area contributed by atoms with Crippen molar-refractivity contribution in [3.05, 3.63) is 29.8 Å². The number of hydrogen-bond donors (Lipinski definition) is 1. The highest BCUT2D eigenvalue weighted by molar-refractivity contribution is 5.85. The van der Waals surface area contributed by atoms with Crippen LogP contribution in [0.2, 0.25) is 0 Å². The van der Waals surface area contributed by atoms with Crippen molar-refractivity contribution in [3.63, 3.8) is 0 Å². The van der Waals surface area contributed by atoms with E-state index in [0.717, 1.165) is 18.7 Å². The van der Waals surface area contributed by atoms with Gasteiger partial charge in [-0.1, -0.05) is 12.1 Å². The topological polar surface area (TPSA) is 49.8 Å². The third-order valence-electron chi connectivity index (χ3n) is 4.04. The van der Waals surface area contributed by atoms with Crippen molar-refractivity contribution < 1.29 is 14.6 Å². The van der Waals surface area contributed by atoms with Crippen molar-refractivity contribution in [1.82, 2.24) is 4.90 Å². The summed E-state index contributed by atoms with van der Waals surface area (Å²) in [6.07, 6.45) is 2.42. The molecule has 4 heteroatoms. The molecule has 19 heavy (non-hydrogen) atoms. The minimum atomic E-state index is -0.309. The van der Waals surface area contributed by atoms with Gasteiger partial charge in [0.2, 0.25) is 0 Å². The number of ether oxygens (including phenoxy) is 1. The van der Waals surface area contributed by atoms with Crippen LogP contribution in [-0.4, -0.2) is 47.6 Å². The number of carbonyl (C=O) groups is 1. The Balaban J connectivity index is 1.61. The minimum absolute atomic E-state index is 0.107. The molecule has 0 radical (unpaired) electrons. The lowest BCUT2D eigenvalue weighted by Crippen LogP contribution is -2.49. The van der Waals surface area contributed by atoms with Crippen LogP contribution in [0, 0.1) is 0 Å². The smallest absolute Gasteiger partial charge is 0.167 e. The molecule has 102 valence electrons. The Morgan fingerprint density at radius 3 is 3.21 bits per heavy atom. The van der Waals surface area contributed by atoms with E-state index >= 15 is 0 Å². The Kier molecular flexibility index (Phi) is 3.53. The van der Waals surface area contributed by atoms with Crippen molar-refractivity contribution in [2.75, 3.05) is 19.7 Å². The van der Waals surface area contributed by atoms with Gasteiger partial charge in [-0.15, -0.1) is 0 Å². The van der Waals surface area contributed by atoms with Gasteiger partial charge < -0.3 is 9.84 Å². The summed E-state index contributed by atoms with van der Waals surface area (Å²) < 4.78 is 5.70. The zero-order valence-electron chi connectivity index (χ0n) is 10.9. The van der Waals surface area contributed by atoms with Gasteiger partial charge in [0.25, 0.3) is 0 Å². The van der Waals surface area contributed by atoms with Crippen molar-refractivity contribution in [1.29, 1.82) is 0 Å².